The van der Waals surface area contributed by atoms with E-state index >= 15 is 0 Å². The Morgan fingerprint density at radius 2 is 1.96 bits per heavy atom. The van der Waals surface area contributed by atoms with Gasteiger partial charge in [0.2, 0.25) is 0 Å². The zero-order valence-electron chi connectivity index (χ0n) is 13.0. The summed E-state index contributed by atoms with van der Waals surface area (Å²) < 4.78 is 6.49. The largest absolute Gasteiger partial charge is 0.494 e. The van der Waals surface area contributed by atoms with Crippen molar-refractivity contribution in [1.29, 1.82) is 0 Å². The van der Waals surface area contributed by atoms with E-state index < -0.39 is 0 Å². The Hall–Kier alpha value is -2.14. The summed E-state index contributed by atoms with van der Waals surface area (Å²) in [4.78, 5) is 12.0. The molecule has 0 bridgehead atoms. The van der Waals surface area contributed by atoms with Gasteiger partial charge in [0, 0.05) is 15.6 Å². The van der Waals surface area contributed by atoms with Crippen molar-refractivity contribution in [3.8, 4) is 5.75 Å². The first-order valence-electron chi connectivity index (χ1n) is 7.51. The minimum Gasteiger partial charge on any atom is -0.494 e. The highest BCUT2D eigenvalue weighted by Gasteiger charge is 2.04. The van der Waals surface area contributed by atoms with Crippen LogP contribution in [0.4, 0.5) is 0 Å². The van der Waals surface area contributed by atoms with Crippen molar-refractivity contribution in [1.82, 2.24) is 5.43 Å². The Morgan fingerprint density at radius 3 is 2.65 bits per heavy atom. The third-order valence-corrected chi connectivity index (χ3v) is 3.88. The number of nitrogens with one attached hydrogen (secondary N) is 1. The van der Waals surface area contributed by atoms with Gasteiger partial charge in [-0.15, -0.1) is 0 Å². The molecule has 2 aromatic rings. The minimum absolute atomic E-state index is 0.256. The van der Waals surface area contributed by atoms with E-state index in [1.165, 1.54) is 0 Å². The molecule has 1 amide bonds. The van der Waals surface area contributed by atoms with Crippen molar-refractivity contribution >= 4 is 28.1 Å². The van der Waals surface area contributed by atoms with E-state index in [9.17, 15) is 4.79 Å². The molecule has 2 aromatic carbocycles. The van der Waals surface area contributed by atoms with Gasteiger partial charge in [0.1, 0.15) is 5.75 Å². The normalized spacial score (nSPS) is 10.7. The molecule has 0 saturated carbocycles. The van der Waals surface area contributed by atoms with E-state index in [0.717, 1.165) is 28.6 Å². The highest BCUT2D eigenvalue weighted by molar-refractivity contribution is 9.10. The van der Waals surface area contributed by atoms with Crippen LogP contribution in [0.15, 0.2) is 58.1 Å². The number of carbonyl (C=O) groups is 1. The van der Waals surface area contributed by atoms with Gasteiger partial charge in [-0.1, -0.05) is 47.5 Å². The first kappa shape index (κ1) is 17.2. The maximum Gasteiger partial charge on any atom is 0.271 e. The molecule has 4 nitrogen and oxygen atoms in total. The maximum atomic E-state index is 12.0. The van der Waals surface area contributed by atoms with Gasteiger partial charge in [-0.2, -0.15) is 5.10 Å². The van der Waals surface area contributed by atoms with Crippen LogP contribution in [0.3, 0.4) is 0 Å². The Bertz CT molecular complexity index is 669. The molecule has 23 heavy (non-hydrogen) atoms. The summed E-state index contributed by atoms with van der Waals surface area (Å²) in [6.07, 6.45) is 3.71. The molecular formula is C18H19BrN2O2. The van der Waals surface area contributed by atoms with Crippen molar-refractivity contribution in [2.24, 2.45) is 5.10 Å². The fraction of sp³-hybridized carbons (Fsp3) is 0.222. The molecule has 0 fully saturated rings. The Kier molecular flexibility index (Phi) is 6.81. The van der Waals surface area contributed by atoms with Crippen LogP contribution in [0.2, 0.25) is 0 Å². The molecule has 1 N–H and O–H groups in total. The highest BCUT2D eigenvalue weighted by Crippen LogP contribution is 2.14. The van der Waals surface area contributed by atoms with Gasteiger partial charge < -0.3 is 4.74 Å². The lowest BCUT2D eigenvalue weighted by Crippen LogP contribution is -2.17. The zero-order valence-corrected chi connectivity index (χ0v) is 14.5. The van der Waals surface area contributed by atoms with E-state index in [2.05, 4.69) is 33.4 Å². The van der Waals surface area contributed by atoms with Gasteiger partial charge in [0.05, 0.1) is 12.8 Å². The number of unbranched alkanes of at least 4 members (excludes halogenated alkanes) is 1. The number of hydrogen-bond acceptors (Lipinski definition) is 3. The van der Waals surface area contributed by atoms with Gasteiger partial charge >= 0.3 is 0 Å². The summed E-state index contributed by atoms with van der Waals surface area (Å²) in [7, 11) is 0. The molecule has 0 spiro atoms. The number of amides is 1. The summed E-state index contributed by atoms with van der Waals surface area (Å²) in [6, 6.07) is 14.7. The molecule has 0 aromatic heterocycles. The topological polar surface area (TPSA) is 50.7 Å². The summed E-state index contributed by atoms with van der Waals surface area (Å²) >= 11 is 3.42. The summed E-state index contributed by atoms with van der Waals surface area (Å²) in [5.41, 5.74) is 3.95. The number of benzene rings is 2. The van der Waals surface area contributed by atoms with Gasteiger partial charge in [-0.25, -0.2) is 5.43 Å². The average Bonchev–Trinajstić information content (AvgIpc) is 2.57. The smallest absolute Gasteiger partial charge is 0.271 e. The highest BCUT2D eigenvalue weighted by atomic mass is 79.9. The Balaban J connectivity index is 1.89. The quantitative estimate of drug-likeness (QED) is 0.443. The second kappa shape index (κ2) is 9.10. The zero-order chi connectivity index (χ0) is 16.5. The molecule has 5 heteroatoms. The first-order chi connectivity index (χ1) is 11.2. The fourth-order valence-electron chi connectivity index (χ4n) is 1.84. The third kappa shape index (κ3) is 5.53. The van der Waals surface area contributed by atoms with E-state index in [1.807, 2.05) is 24.3 Å². The molecule has 0 aliphatic rings. The fourth-order valence-corrected chi connectivity index (χ4v) is 2.23. The van der Waals surface area contributed by atoms with E-state index in [4.69, 9.17) is 4.74 Å². The predicted molar refractivity (Wildman–Crippen MR) is 96.0 cm³/mol. The number of nitrogens with zero attached hydrogens (tertiary/aromatic N) is 1. The number of hydrogen-bond donors (Lipinski definition) is 1. The molecule has 0 atom stereocenters. The monoisotopic (exact) mass is 374 g/mol. The van der Waals surface area contributed by atoms with Gasteiger partial charge in [0.25, 0.3) is 5.91 Å². The number of halogens is 1. The van der Waals surface area contributed by atoms with Crippen molar-refractivity contribution < 1.29 is 9.53 Å². The number of ether oxygens (including phenoxy) is 1. The summed E-state index contributed by atoms with van der Waals surface area (Å²) in [5, 5.41) is 3.98. The summed E-state index contributed by atoms with van der Waals surface area (Å²) in [6.45, 7) is 2.81. The second-order valence-electron chi connectivity index (χ2n) is 4.95. The molecule has 0 aliphatic heterocycles. The maximum absolute atomic E-state index is 12.0. The van der Waals surface area contributed by atoms with Crippen LogP contribution in [0.25, 0.3) is 0 Å². The number of hydrazone groups is 1. The Morgan fingerprint density at radius 1 is 1.22 bits per heavy atom. The molecule has 0 unspecified atom stereocenters. The lowest BCUT2D eigenvalue weighted by atomic mass is 10.2. The van der Waals surface area contributed by atoms with Crippen LogP contribution in [-0.4, -0.2) is 18.7 Å². The molecular weight excluding hydrogens is 356 g/mol. The lowest BCUT2D eigenvalue weighted by Gasteiger charge is -2.06. The SMILES string of the molecule is CCCCOc1ccc(C(=O)NN=Cc2ccccc2Br)cc1. The molecule has 0 aliphatic carbocycles. The van der Waals surface area contributed by atoms with Crippen LogP contribution >= 0.6 is 15.9 Å². The van der Waals surface area contributed by atoms with Crippen LogP contribution in [0, 0.1) is 0 Å². The van der Waals surface area contributed by atoms with Gasteiger partial charge in [0.15, 0.2) is 0 Å². The molecule has 0 radical (unpaired) electrons. The second-order valence-corrected chi connectivity index (χ2v) is 5.80. The minimum atomic E-state index is -0.256. The third-order valence-electron chi connectivity index (χ3n) is 3.16. The summed E-state index contributed by atoms with van der Waals surface area (Å²) in [5.74, 6) is 0.514. The van der Waals surface area contributed by atoms with Crippen LogP contribution in [0.5, 0.6) is 5.75 Å². The van der Waals surface area contributed by atoms with E-state index in [1.54, 1.807) is 30.5 Å². The molecule has 0 saturated heterocycles. The van der Waals surface area contributed by atoms with Crippen molar-refractivity contribution in [3.05, 3.63) is 64.1 Å². The van der Waals surface area contributed by atoms with Gasteiger partial charge in [-0.3, -0.25) is 4.79 Å². The Labute approximate surface area is 144 Å². The van der Waals surface area contributed by atoms with Crippen molar-refractivity contribution in [2.75, 3.05) is 6.61 Å². The average molecular weight is 375 g/mol. The standard InChI is InChI=1S/C18H19BrN2O2/c1-2-3-12-23-16-10-8-14(9-11-16)18(22)21-20-13-15-6-4-5-7-17(15)19/h4-11,13H,2-3,12H2,1H3,(H,21,22). The number of rotatable bonds is 7. The number of carbonyl (C=O) groups excluding carboxylic acids is 1. The molecule has 2 rings (SSSR count). The lowest BCUT2D eigenvalue weighted by molar-refractivity contribution is 0.0955. The van der Waals surface area contributed by atoms with Crippen molar-refractivity contribution in [3.63, 3.8) is 0 Å². The predicted octanol–water partition coefficient (Wildman–Crippen LogP) is 4.39. The van der Waals surface area contributed by atoms with Crippen LogP contribution < -0.4 is 10.2 Å². The van der Waals surface area contributed by atoms with Crippen molar-refractivity contribution in [2.45, 2.75) is 19.8 Å². The van der Waals surface area contributed by atoms with E-state index in [0.29, 0.717) is 12.2 Å². The van der Waals surface area contributed by atoms with E-state index in [-0.39, 0.29) is 5.91 Å². The first-order valence-corrected chi connectivity index (χ1v) is 8.31. The van der Waals surface area contributed by atoms with Gasteiger partial charge in [-0.05, 0) is 36.8 Å². The molecule has 120 valence electrons. The van der Waals surface area contributed by atoms with Crippen LogP contribution in [-0.2, 0) is 0 Å². The molecule has 0 heterocycles. The van der Waals surface area contributed by atoms with Crippen LogP contribution in [0.1, 0.15) is 35.7 Å².